The highest BCUT2D eigenvalue weighted by Crippen LogP contribution is 2.39. The average molecular weight is 222 g/mol. The molecule has 0 saturated heterocycles. The van der Waals surface area contributed by atoms with Gasteiger partial charge in [0.1, 0.15) is 0 Å². The maximum atomic E-state index is 12.4. The van der Waals surface area contributed by atoms with Gasteiger partial charge in [-0.15, -0.1) is 0 Å². The fourth-order valence-electron chi connectivity index (χ4n) is 1.32. The van der Waals surface area contributed by atoms with Crippen LogP contribution >= 0.6 is 0 Å². The van der Waals surface area contributed by atoms with Gasteiger partial charge in [0, 0.05) is 12.8 Å². The lowest BCUT2D eigenvalue weighted by Crippen LogP contribution is -2.46. The van der Waals surface area contributed by atoms with Crippen LogP contribution in [0.1, 0.15) is 19.8 Å². The number of carbonyl (C=O) groups is 2. The number of halogens is 2. The molecule has 4 nitrogen and oxygen atoms in total. The summed E-state index contributed by atoms with van der Waals surface area (Å²) in [4.78, 5) is 22.0. The molecule has 86 valence electrons. The van der Waals surface area contributed by atoms with Crippen molar-refractivity contribution in [1.82, 2.24) is 0 Å². The Bertz CT molecular complexity index is 269. The summed E-state index contributed by atoms with van der Waals surface area (Å²) >= 11 is 0. The van der Waals surface area contributed by atoms with Crippen molar-refractivity contribution in [2.75, 3.05) is 7.11 Å². The lowest BCUT2D eigenvalue weighted by Gasteiger charge is -2.35. The van der Waals surface area contributed by atoms with E-state index in [1.807, 2.05) is 0 Å². The maximum Gasteiger partial charge on any atom is 0.342 e. The molecule has 0 aromatic carbocycles. The molecule has 1 rings (SSSR count). The monoisotopic (exact) mass is 222 g/mol. The zero-order valence-corrected chi connectivity index (χ0v) is 8.46. The number of Topliss-reactive ketones (excluding diaryl/α,β-unsaturated/α-hetero) is 1. The summed E-state index contributed by atoms with van der Waals surface area (Å²) in [5, 5.41) is 0. The van der Waals surface area contributed by atoms with Crippen LogP contribution in [0.5, 0.6) is 0 Å². The molecular weight excluding hydrogens is 210 g/mol. The average Bonchev–Trinajstić information content (AvgIpc) is 2.09. The number of ketones is 1. The first-order valence-corrected chi connectivity index (χ1v) is 4.47. The molecule has 1 saturated carbocycles. The number of rotatable bonds is 4. The summed E-state index contributed by atoms with van der Waals surface area (Å²) in [5.74, 6) is -4.13. The van der Waals surface area contributed by atoms with Crippen molar-refractivity contribution < 1.29 is 27.8 Å². The Morgan fingerprint density at radius 3 is 2.27 bits per heavy atom. The molecule has 0 aliphatic heterocycles. The molecule has 0 radical (unpaired) electrons. The topological polar surface area (TPSA) is 52.6 Å². The Kier molecular flexibility index (Phi) is 3.38. The molecule has 1 aliphatic carbocycles. The maximum absolute atomic E-state index is 12.4. The minimum Gasteiger partial charge on any atom is -0.467 e. The fourth-order valence-corrected chi connectivity index (χ4v) is 1.32. The predicted octanol–water partition coefficient (Wildman–Crippen LogP) is 0.931. The SMILES string of the molecule is COC(=O)C(OC1CC(F)(F)C1)C(C)=O. The van der Waals surface area contributed by atoms with Crippen molar-refractivity contribution in [3.63, 3.8) is 0 Å². The quantitative estimate of drug-likeness (QED) is 0.524. The molecule has 1 unspecified atom stereocenters. The van der Waals surface area contributed by atoms with E-state index in [1.54, 1.807) is 0 Å². The highest BCUT2D eigenvalue weighted by atomic mass is 19.3. The molecule has 0 spiro atoms. The zero-order valence-electron chi connectivity index (χ0n) is 8.46. The number of hydrogen-bond acceptors (Lipinski definition) is 4. The molecule has 0 aromatic rings. The number of alkyl halides is 2. The minimum atomic E-state index is -2.73. The second-order valence-electron chi connectivity index (χ2n) is 3.54. The van der Waals surface area contributed by atoms with E-state index in [0.717, 1.165) is 14.0 Å². The summed E-state index contributed by atoms with van der Waals surface area (Å²) in [6.45, 7) is 1.15. The lowest BCUT2D eigenvalue weighted by atomic mass is 9.90. The Labute approximate surface area is 85.5 Å². The van der Waals surface area contributed by atoms with E-state index in [9.17, 15) is 18.4 Å². The van der Waals surface area contributed by atoms with Crippen molar-refractivity contribution in [3.05, 3.63) is 0 Å². The third kappa shape index (κ3) is 2.95. The first-order chi connectivity index (χ1) is 6.85. The molecule has 1 aliphatic rings. The zero-order chi connectivity index (χ0) is 11.6. The molecule has 0 N–H and O–H groups in total. The first-order valence-electron chi connectivity index (χ1n) is 4.47. The Hall–Kier alpha value is -1.04. The van der Waals surface area contributed by atoms with E-state index in [1.165, 1.54) is 0 Å². The minimum absolute atomic E-state index is 0.451. The molecule has 0 heterocycles. The first kappa shape index (κ1) is 12.0. The van der Waals surface area contributed by atoms with Gasteiger partial charge in [0.05, 0.1) is 13.2 Å². The van der Waals surface area contributed by atoms with Gasteiger partial charge in [0.25, 0.3) is 5.92 Å². The van der Waals surface area contributed by atoms with E-state index >= 15 is 0 Å². The van der Waals surface area contributed by atoms with Crippen LogP contribution in [0.4, 0.5) is 8.78 Å². The van der Waals surface area contributed by atoms with Crippen molar-refractivity contribution in [2.45, 2.75) is 37.9 Å². The van der Waals surface area contributed by atoms with Gasteiger partial charge in [-0.1, -0.05) is 0 Å². The van der Waals surface area contributed by atoms with Gasteiger partial charge in [-0.2, -0.15) is 0 Å². The van der Waals surface area contributed by atoms with Crippen LogP contribution in [0.15, 0.2) is 0 Å². The van der Waals surface area contributed by atoms with Crippen molar-refractivity contribution in [2.24, 2.45) is 0 Å². The van der Waals surface area contributed by atoms with Crippen LogP contribution in [-0.4, -0.2) is 37.0 Å². The van der Waals surface area contributed by atoms with Gasteiger partial charge < -0.3 is 9.47 Å². The van der Waals surface area contributed by atoms with Gasteiger partial charge in [-0.05, 0) is 6.92 Å². The molecule has 0 bridgehead atoms. The molecule has 1 atom stereocenters. The number of hydrogen-bond donors (Lipinski definition) is 0. The normalized spacial score (nSPS) is 21.6. The predicted molar refractivity (Wildman–Crippen MR) is 45.5 cm³/mol. The van der Waals surface area contributed by atoms with Crippen molar-refractivity contribution >= 4 is 11.8 Å². The van der Waals surface area contributed by atoms with E-state index in [4.69, 9.17) is 4.74 Å². The third-order valence-corrected chi connectivity index (χ3v) is 2.17. The lowest BCUT2D eigenvalue weighted by molar-refractivity contribution is -0.195. The van der Waals surface area contributed by atoms with Gasteiger partial charge in [-0.25, -0.2) is 13.6 Å². The highest BCUT2D eigenvalue weighted by Gasteiger charge is 2.48. The largest absolute Gasteiger partial charge is 0.467 e. The Balaban J connectivity index is 2.47. The summed E-state index contributed by atoms with van der Waals surface area (Å²) in [5.41, 5.74) is 0. The molecular formula is C9H12F2O4. The standard InChI is InChI=1S/C9H12F2O4/c1-5(12)7(8(13)14-2)15-6-3-9(10,11)4-6/h6-7H,3-4H2,1-2H3. The summed E-state index contributed by atoms with van der Waals surface area (Å²) in [7, 11) is 1.11. The molecule has 6 heteroatoms. The van der Waals surface area contributed by atoms with E-state index in [0.29, 0.717) is 0 Å². The Morgan fingerprint density at radius 2 is 1.93 bits per heavy atom. The van der Waals surface area contributed by atoms with Crippen LogP contribution < -0.4 is 0 Å². The smallest absolute Gasteiger partial charge is 0.342 e. The van der Waals surface area contributed by atoms with Crippen LogP contribution in [0.2, 0.25) is 0 Å². The van der Waals surface area contributed by atoms with Gasteiger partial charge in [0.2, 0.25) is 6.10 Å². The fraction of sp³-hybridized carbons (Fsp3) is 0.778. The molecule has 0 aromatic heterocycles. The third-order valence-electron chi connectivity index (χ3n) is 2.17. The van der Waals surface area contributed by atoms with E-state index < -0.39 is 42.7 Å². The van der Waals surface area contributed by atoms with Gasteiger partial charge in [-0.3, -0.25) is 4.79 Å². The number of ether oxygens (including phenoxy) is 2. The van der Waals surface area contributed by atoms with Gasteiger partial charge >= 0.3 is 5.97 Å². The van der Waals surface area contributed by atoms with Crippen LogP contribution in [0, 0.1) is 0 Å². The Morgan fingerprint density at radius 1 is 1.40 bits per heavy atom. The molecule has 1 fully saturated rings. The summed E-state index contributed by atoms with van der Waals surface area (Å²) in [6, 6.07) is 0. The number of methoxy groups -OCH3 is 1. The summed E-state index contributed by atoms with van der Waals surface area (Å²) < 4.78 is 34.1. The second-order valence-corrected chi connectivity index (χ2v) is 3.54. The van der Waals surface area contributed by atoms with Crippen LogP contribution in [0.25, 0.3) is 0 Å². The number of carbonyl (C=O) groups excluding carboxylic acids is 2. The van der Waals surface area contributed by atoms with E-state index in [2.05, 4.69) is 4.74 Å². The van der Waals surface area contributed by atoms with Crippen molar-refractivity contribution in [3.8, 4) is 0 Å². The van der Waals surface area contributed by atoms with E-state index in [-0.39, 0.29) is 0 Å². The molecule has 0 amide bonds. The highest BCUT2D eigenvalue weighted by molar-refractivity contribution is 6.00. The second kappa shape index (κ2) is 4.22. The molecule has 15 heavy (non-hydrogen) atoms. The number of esters is 1. The van der Waals surface area contributed by atoms with Gasteiger partial charge in [0.15, 0.2) is 5.78 Å². The van der Waals surface area contributed by atoms with Crippen molar-refractivity contribution in [1.29, 1.82) is 0 Å². The summed E-state index contributed by atoms with van der Waals surface area (Å²) in [6.07, 6.45) is -3.02. The van der Waals surface area contributed by atoms with Crippen LogP contribution in [0.3, 0.4) is 0 Å². The van der Waals surface area contributed by atoms with Crippen LogP contribution in [-0.2, 0) is 19.1 Å².